The van der Waals surface area contributed by atoms with Crippen molar-refractivity contribution in [1.29, 1.82) is 0 Å². The number of nitrogens with zero attached hydrogens (tertiary/aromatic N) is 1. The molecule has 0 aliphatic rings. The third kappa shape index (κ3) is 5.59. The summed E-state index contributed by atoms with van der Waals surface area (Å²) in [6.45, 7) is 7.76. The van der Waals surface area contributed by atoms with Crippen molar-refractivity contribution in [2.75, 3.05) is 23.7 Å². The Morgan fingerprint density at radius 3 is 2.13 bits per heavy atom. The number of benzene rings is 2. The highest BCUT2D eigenvalue weighted by atomic mass is 35.5. The molecule has 0 saturated heterocycles. The molecule has 0 radical (unpaired) electrons. The smallest absolute Gasteiger partial charge is 0.255 e. The number of anilines is 2. The summed E-state index contributed by atoms with van der Waals surface area (Å²) in [5.41, 5.74) is 1.12. The van der Waals surface area contributed by atoms with Crippen LogP contribution in [0.25, 0.3) is 0 Å². The minimum atomic E-state index is -3.68. The predicted octanol–water partition coefficient (Wildman–Crippen LogP) is 4.22. The molecule has 0 saturated carbocycles. The molecule has 0 bridgehead atoms. The first-order chi connectivity index (χ1) is 14.1. The van der Waals surface area contributed by atoms with Gasteiger partial charge in [-0.25, -0.2) is 8.42 Å². The first kappa shape index (κ1) is 23.9. The Morgan fingerprint density at radius 1 is 1.00 bits per heavy atom. The number of rotatable bonds is 8. The van der Waals surface area contributed by atoms with Gasteiger partial charge in [-0.15, -0.1) is 0 Å². The molecule has 2 N–H and O–H groups in total. The quantitative estimate of drug-likeness (QED) is 0.628. The minimum absolute atomic E-state index is 0.0534. The van der Waals surface area contributed by atoms with Crippen LogP contribution in [0.1, 0.15) is 38.1 Å². The van der Waals surface area contributed by atoms with Gasteiger partial charge in [0.1, 0.15) is 0 Å². The fraction of sp³-hybridized carbons (Fsp3) is 0.333. The second-order valence-electron chi connectivity index (χ2n) is 6.91. The summed E-state index contributed by atoms with van der Waals surface area (Å²) in [6.07, 6.45) is 0. The van der Waals surface area contributed by atoms with Crippen LogP contribution < -0.4 is 10.6 Å². The van der Waals surface area contributed by atoms with Crippen molar-refractivity contribution in [3.63, 3.8) is 0 Å². The molecule has 0 aliphatic heterocycles. The standard InChI is InChI=1S/C21H26ClN3O4S/c1-5-25(6-2)30(28,29)17-11-12-18(22)19(13-17)24-21(27)15-7-9-16(10-8-15)23-20(26)14(3)4/h7-14H,5-6H2,1-4H3,(H,23,26)(H,24,27). The highest BCUT2D eigenvalue weighted by Crippen LogP contribution is 2.27. The Bertz CT molecular complexity index is 1020. The first-order valence-corrected chi connectivity index (χ1v) is 11.4. The number of sulfonamides is 1. The van der Waals surface area contributed by atoms with Gasteiger partial charge in [-0.3, -0.25) is 9.59 Å². The van der Waals surface area contributed by atoms with Crippen LogP contribution in [0.15, 0.2) is 47.4 Å². The van der Waals surface area contributed by atoms with Gasteiger partial charge < -0.3 is 10.6 Å². The normalized spacial score (nSPS) is 11.6. The lowest BCUT2D eigenvalue weighted by Crippen LogP contribution is -2.30. The molecular weight excluding hydrogens is 426 g/mol. The molecule has 0 atom stereocenters. The molecule has 2 amide bonds. The average molecular weight is 452 g/mol. The van der Waals surface area contributed by atoms with E-state index in [2.05, 4.69) is 10.6 Å². The molecule has 7 nitrogen and oxygen atoms in total. The lowest BCUT2D eigenvalue weighted by Gasteiger charge is -2.19. The number of amides is 2. The van der Waals surface area contributed by atoms with Gasteiger partial charge in [0.25, 0.3) is 5.91 Å². The highest BCUT2D eigenvalue weighted by molar-refractivity contribution is 7.89. The molecule has 30 heavy (non-hydrogen) atoms. The van der Waals surface area contributed by atoms with E-state index in [9.17, 15) is 18.0 Å². The molecule has 0 aromatic heterocycles. The monoisotopic (exact) mass is 451 g/mol. The second-order valence-corrected chi connectivity index (χ2v) is 9.25. The summed E-state index contributed by atoms with van der Waals surface area (Å²) in [6, 6.07) is 10.6. The van der Waals surface area contributed by atoms with Crippen LogP contribution in [0.5, 0.6) is 0 Å². The lowest BCUT2D eigenvalue weighted by atomic mass is 10.1. The van der Waals surface area contributed by atoms with E-state index in [1.165, 1.54) is 22.5 Å². The Kier molecular flexibility index (Phi) is 8.00. The molecule has 0 aliphatic carbocycles. The zero-order chi connectivity index (χ0) is 22.5. The molecule has 0 heterocycles. The van der Waals surface area contributed by atoms with Gasteiger partial charge in [-0.05, 0) is 42.5 Å². The summed E-state index contributed by atoms with van der Waals surface area (Å²) < 4.78 is 26.8. The zero-order valence-electron chi connectivity index (χ0n) is 17.4. The maximum absolute atomic E-state index is 12.7. The molecule has 2 aromatic carbocycles. The van der Waals surface area contributed by atoms with E-state index >= 15 is 0 Å². The maximum atomic E-state index is 12.7. The molecule has 9 heteroatoms. The summed E-state index contributed by atoms with van der Waals surface area (Å²) in [7, 11) is -3.68. The van der Waals surface area contributed by atoms with Gasteiger partial charge in [-0.2, -0.15) is 4.31 Å². The topological polar surface area (TPSA) is 95.6 Å². The summed E-state index contributed by atoms with van der Waals surface area (Å²) in [4.78, 5) is 24.4. The Hall–Kier alpha value is -2.42. The predicted molar refractivity (Wildman–Crippen MR) is 119 cm³/mol. The fourth-order valence-electron chi connectivity index (χ4n) is 2.66. The van der Waals surface area contributed by atoms with E-state index < -0.39 is 15.9 Å². The van der Waals surface area contributed by atoms with Crippen molar-refractivity contribution >= 4 is 44.8 Å². The van der Waals surface area contributed by atoms with Gasteiger partial charge in [0.05, 0.1) is 15.6 Å². The summed E-state index contributed by atoms with van der Waals surface area (Å²) in [5, 5.41) is 5.62. The first-order valence-electron chi connectivity index (χ1n) is 9.62. The van der Waals surface area contributed by atoms with E-state index in [0.717, 1.165) is 0 Å². The second kappa shape index (κ2) is 10.1. The molecule has 0 spiro atoms. The van der Waals surface area contributed by atoms with Crippen molar-refractivity contribution in [2.24, 2.45) is 5.92 Å². The van der Waals surface area contributed by atoms with Crippen molar-refractivity contribution in [2.45, 2.75) is 32.6 Å². The number of halogens is 1. The number of nitrogens with one attached hydrogen (secondary N) is 2. The Balaban J connectivity index is 2.22. The van der Waals surface area contributed by atoms with Gasteiger partial charge >= 0.3 is 0 Å². The summed E-state index contributed by atoms with van der Waals surface area (Å²) in [5.74, 6) is -0.726. The van der Waals surface area contributed by atoms with E-state index in [0.29, 0.717) is 24.3 Å². The zero-order valence-corrected chi connectivity index (χ0v) is 19.0. The van der Waals surface area contributed by atoms with E-state index in [-0.39, 0.29) is 27.4 Å². The van der Waals surface area contributed by atoms with Gasteiger partial charge in [0, 0.05) is 30.3 Å². The van der Waals surface area contributed by atoms with Gasteiger partial charge in [0.15, 0.2) is 0 Å². The third-order valence-electron chi connectivity index (χ3n) is 4.47. The lowest BCUT2D eigenvalue weighted by molar-refractivity contribution is -0.118. The number of carbonyl (C=O) groups is 2. The fourth-order valence-corrected chi connectivity index (χ4v) is 4.31. The van der Waals surface area contributed by atoms with Crippen LogP contribution in [0.2, 0.25) is 5.02 Å². The van der Waals surface area contributed by atoms with Gasteiger partial charge in [0.2, 0.25) is 15.9 Å². The maximum Gasteiger partial charge on any atom is 0.255 e. The largest absolute Gasteiger partial charge is 0.326 e. The number of carbonyl (C=O) groups excluding carboxylic acids is 2. The van der Waals surface area contributed by atoms with Crippen LogP contribution in [0, 0.1) is 5.92 Å². The van der Waals surface area contributed by atoms with Crippen molar-refractivity contribution in [3.8, 4) is 0 Å². The highest BCUT2D eigenvalue weighted by Gasteiger charge is 2.23. The van der Waals surface area contributed by atoms with E-state index in [4.69, 9.17) is 11.6 Å². The number of hydrogen-bond acceptors (Lipinski definition) is 4. The van der Waals surface area contributed by atoms with Crippen LogP contribution in [0.3, 0.4) is 0 Å². The average Bonchev–Trinajstić information content (AvgIpc) is 2.70. The van der Waals surface area contributed by atoms with Crippen LogP contribution in [0.4, 0.5) is 11.4 Å². The molecule has 162 valence electrons. The van der Waals surface area contributed by atoms with Crippen molar-refractivity contribution in [1.82, 2.24) is 4.31 Å². The Morgan fingerprint density at radius 2 is 1.60 bits per heavy atom. The van der Waals surface area contributed by atoms with Gasteiger partial charge in [-0.1, -0.05) is 39.3 Å². The SMILES string of the molecule is CCN(CC)S(=O)(=O)c1ccc(Cl)c(NC(=O)c2ccc(NC(=O)C(C)C)cc2)c1. The third-order valence-corrected chi connectivity index (χ3v) is 6.84. The number of hydrogen-bond donors (Lipinski definition) is 2. The summed E-state index contributed by atoms with van der Waals surface area (Å²) >= 11 is 6.17. The van der Waals surface area contributed by atoms with Crippen LogP contribution >= 0.6 is 11.6 Å². The van der Waals surface area contributed by atoms with Crippen LogP contribution in [-0.2, 0) is 14.8 Å². The molecule has 2 rings (SSSR count). The Labute approximate surface area is 182 Å². The van der Waals surface area contributed by atoms with E-state index in [1.807, 2.05) is 0 Å². The molecule has 0 fully saturated rings. The van der Waals surface area contributed by atoms with E-state index in [1.54, 1.807) is 52.0 Å². The molecule has 2 aromatic rings. The van der Waals surface area contributed by atoms with Crippen molar-refractivity contribution in [3.05, 3.63) is 53.1 Å². The minimum Gasteiger partial charge on any atom is -0.326 e. The van der Waals surface area contributed by atoms with Crippen molar-refractivity contribution < 1.29 is 18.0 Å². The molecule has 0 unspecified atom stereocenters. The molecular formula is C21H26ClN3O4S. The van der Waals surface area contributed by atoms with Crippen LogP contribution in [-0.4, -0.2) is 37.6 Å².